The monoisotopic (exact) mass is 217 g/mol. The fraction of sp³-hybridized carbons (Fsp3) is 0.462. The van der Waals surface area contributed by atoms with Crippen LogP contribution in [0, 0.1) is 5.92 Å². The van der Waals surface area contributed by atoms with Gasteiger partial charge in [0.1, 0.15) is 5.75 Å². The van der Waals surface area contributed by atoms with E-state index in [9.17, 15) is 0 Å². The predicted molar refractivity (Wildman–Crippen MR) is 61.3 cm³/mol. The van der Waals surface area contributed by atoms with Gasteiger partial charge in [-0.3, -0.25) is 0 Å². The van der Waals surface area contributed by atoms with Gasteiger partial charge in [0, 0.05) is 5.56 Å². The van der Waals surface area contributed by atoms with E-state index >= 15 is 0 Å². The van der Waals surface area contributed by atoms with Crippen molar-refractivity contribution in [1.29, 1.82) is 0 Å². The summed E-state index contributed by atoms with van der Waals surface area (Å²) >= 11 is 0. The minimum Gasteiger partial charge on any atom is -0.493 e. The summed E-state index contributed by atoms with van der Waals surface area (Å²) in [5.74, 6) is 1.73. The first-order chi connectivity index (χ1) is 7.86. The minimum absolute atomic E-state index is 0.780. The zero-order valence-corrected chi connectivity index (χ0v) is 9.15. The Bertz CT molecular complexity index is 436. The molecule has 84 valence electrons. The first-order valence-corrected chi connectivity index (χ1v) is 5.84. The Labute approximate surface area is 94.7 Å². The number of benzene rings is 1. The molecule has 3 heteroatoms. The molecule has 2 aliphatic carbocycles. The number of hydrogen-bond acceptors (Lipinski definition) is 3. The van der Waals surface area contributed by atoms with Gasteiger partial charge in [-0.2, -0.15) is 0 Å². The molecule has 1 fully saturated rings. The summed E-state index contributed by atoms with van der Waals surface area (Å²) < 4.78 is 5.72. The molecule has 0 saturated heterocycles. The van der Waals surface area contributed by atoms with Gasteiger partial charge in [-0.15, -0.1) is 0 Å². The quantitative estimate of drug-likeness (QED) is 0.624. The van der Waals surface area contributed by atoms with Crippen LogP contribution in [-0.2, 0) is 6.42 Å². The molecular weight excluding hydrogens is 202 g/mol. The van der Waals surface area contributed by atoms with Gasteiger partial charge in [0.25, 0.3) is 0 Å². The maximum atomic E-state index is 8.82. The second kappa shape index (κ2) is 3.81. The predicted octanol–water partition coefficient (Wildman–Crippen LogP) is 2.60. The fourth-order valence-corrected chi connectivity index (χ4v) is 2.14. The van der Waals surface area contributed by atoms with E-state index in [4.69, 9.17) is 9.94 Å². The molecule has 0 amide bonds. The third kappa shape index (κ3) is 1.77. The largest absolute Gasteiger partial charge is 0.493 e. The van der Waals surface area contributed by atoms with E-state index in [1.54, 1.807) is 0 Å². The van der Waals surface area contributed by atoms with E-state index < -0.39 is 0 Å². The van der Waals surface area contributed by atoms with Crippen LogP contribution in [0.2, 0.25) is 0 Å². The van der Waals surface area contributed by atoms with Crippen molar-refractivity contribution in [2.24, 2.45) is 11.1 Å². The SMILES string of the molecule is O/N=C1/CCc2cc(OCC3CC3)ccc21. The Kier molecular flexibility index (Phi) is 2.31. The standard InChI is InChI=1S/C13H15NO2/c15-14-13-6-3-10-7-11(4-5-12(10)13)16-8-9-1-2-9/h4-5,7,9,15H,1-3,6,8H2/b14-13-. The zero-order chi connectivity index (χ0) is 11.0. The number of rotatable bonds is 3. The Balaban J connectivity index is 1.77. The van der Waals surface area contributed by atoms with Crippen LogP contribution in [0.1, 0.15) is 30.4 Å². The summed E-state index contributed by atoms with van der Waals surface area (Å²) in [4.78, 5) is 0. The lowest BCUT2D eigenvalue weighted by Gasteiger charge is -2.07. The van der Waals surface area contributed by atoms with Crippen molar-refractivity contribution >= 4 is 5.71 Å². The second-order valence-electron chi connectivity index (χ2n) is 4.62. The highest BCUT2D eigenvalue weighted by atomic mass is 16.5. The van der Waals surface area contributed by atoms with Crippen LogP contribution in [0.15, 0.2) is 23.4 Å². The van der Waals surface area contributed by atoms with Gasteiger partial charge in [0.2, 0.25) is 0 Å². The number of fused-ring (bicyclic) bond motifs is 1. The third-order valence-electron chi connectivity index (χ3n) is 3.32. The smallest absolute Gasteiger partial charge is 0.119 e. The van der Waals surface area contributed by atoms with E-state index in [1.165, 1.54) is 18.4 Å². The molecule has 0 bridgehead atoms. The Hall–Kier alpha value is -1.51. The normalized spacial score (nSPS) is 21.1. The lowest BCUT2D eigenvalue weighted by Crippen LogP contribution is -2.00. The molecule has 0 aromatic heterocycles. The minimum atomic E-state index is 0.780. The summed E-state index contributed by atoms with van der Waals surface area (Å²) in [6.07, 6.45) is 4.41. The van der Waals surface area contributed by atoms with Crippen LogP contribution in [-0.4, -0.2) is 17.5 Å². The van der Waals surface area contributed by atoms with E-state index in [-0.39, 0.29) is 0 Å². The molecule has 1 N–H and O–H groups in total. The maximum Gasteiger partial charge on any atom is 0.119 e. The van der Waals surface area contributed by atoms with Crippen molar-refractivity contribution in [2.45, 2.75) is 25.7 Å². The molecule has 0 aliphatic heterocycles. The molecule has 16 heavy (non-hydrogen) atoms. The molecule has 0 unspecified atom stereocenters. The highest BCUT2D eigenvalue weighted by Crippen LogP contribution is 2.31. The second-order valence-corrected chi connectivity index (χ2v) is 4.62. The zero-order valence-electron chi connectivity index (χ0n) is 9.15. The molecule has 3 rings (SSSR count). The Morgan fingerprint density at radius 3 is 2.94 bits per heavy atom. The fourth-order valence-electron chi connectivity index (χ4n) is 2.14. The van der Waals surface area contributed by atoms with Gasteiger partial charge in [0.05, 0.1) is 12.3 Å². The van der Waals surface area contributed by atoms with Crippen LogP contribution in [0.4, 0.5) is 0 Å². The van der Waals surface area contributed by atoms with Crippen molar-refractivity contribution in [3.05, 3.63) is 29.3 Å². The number of aryl methyl sites for hydroxylation is 1. The molecule has 1 aromatic carbocycles. The van der Waals surface area contributed by atoms with Crippen molar-refractivity contribution < 1.29 is 9.94 Å². The van der Waals surface area contributed by atoms with E-state index in [2.05, 4.69) is 11.2 Å². The Morgan fingerprint density at radius 2 is 2.19 bits per heavy atom. The first-order valence-electron chi connectivity index (χ1n) is 5.84. The Morgan fingerprint density at radius 1 is 1.31 bits per heavy atom. The van der Waals surface area contributed by atoms with Gasteiger partial charge >= 0.3 is 0 Å². The van der Waals surface area contributed by atoms with E-state index in [0.717, 1.165) is 42.4 Å². The summed E-state index contributed by atoms with van der Waals surface area (Å²) in [5, 5.41) is 12.1. The van der Waals surface area contributed by atoms with Crippen molar-refractivity contribution in [1.82, 2.24) is 0 Å². The molecule has 0 radical (unpaired) electrons. The van der Waals surface area contributed by atoms with Crippen molar-refractivity contribution in [2.75, 3.05) is 6.61 Å². The molecule has 1 aromatic rings. The molecule has 0 atom stereocenters. The van der Waals surface area contributed by atoms with Gasteiger partial charge < -0.3 is 9.94 Å². The van der Waals surface area contributed by atoms with Gasteiger partial charge in [-0.25, -0.2) is 0 Å². The topological polar surface area (TPSA) is 41.8 Å². The lowest BCUT2D eigenvalue weighted by molar-refractivity contribution is 0.299. The molecule has 1 saturated carbocycles. The number of oxime groups is 1. The third-order valence-corrected chi connectivity index (χ3v) is 3.32. The van der Waals surface area contributed by atoms with Gasteiger partial charge in [-0.05, 0) is 55.4 Å². The number of hydrogen-bond donors (Lipinski definition) is 1. The summed E-state index contributed by atoms with van der Waals surface area (Å²) in [7, 11) is 0. The van der Waals surface area contributed by atoms with E-state index in [1.807, 2.05) is 12.1 Å². The van der Waals surface area contributed by atoms with Crippen LogP contribution in [0.5, 0.6) is 5.75 Å². The average Bonchev–Trinajstić information content (AvgIpc) is 3.05. The van der Waals surface area contributed by atoms with Crippen molar-refractivity contribution in [3.63, 3.8) is 0 Å². The summed E-state index contributed by atoms with van der Waals surface area (Å²) in [5.41, 5.74) is 3.10. The molecule has 2 aliphatic rings. The lowest BCUT2D eigenvalue weighted by atomic mass is 10.1. The molecule has 3 nitrogen and oxygen atoms in total. The number of ether oxygens (including phenoxy) is 1. The van der Waals surface area contributed by atoms with Crippen LogP contribution >= 0.6 is 0 Å². The van der Waals surface area contributed by atoms with Gasteiger partial charge in [-0.1, -0.05) is 5.16 Å². The van der Waals surface area contributed by atoms with Crippen LogP contribution in [0.25, 0.3) is 0 Å². The number of nitrogens with zero attached hydrogens (tertiary/aromatic N) is 1. The van der Waals surface area contributed by atoms with Crippen LogP contribution < -0.4 is 4.74 Å². The molecule has 0 heterocycles. The maximum absolute atomic E-state index is 8.82. The summed E-state index contributed by atoms with van der Waals surface area (Å²) in [6.45, 7) is 0.847. The highest BCUT2D eigenvalue weighted by molar-refractivity contribution is 6.04. The molecular formula is C13H15NO2. The van der Waals surface area contributed by atoms with Gasteiger partial charge in [0.15, 0.2) is 0 Å². The molecule has 0 spiro atoms. The highest BCUT2D eigenvalue weighted by Gasteiger charge is 2.23. The summed E-state index contributed by atoms with van der Waals surface area (Å²) in [6, 6.07) is 6.05. The average molecular weight is 217 g/mol. The van der Waals surface area contributed by atoms with E-state index in [0.29, 0.717) is 0 Å². The van der Waals surface area contributed by atoms with Crippen LogP contribution in [0.3, 0.4) is 0 Å². The van der Waals surface area contributed by atoms with Crippen molar-refractivity contribution in [3.8, 4) is 5.75 Å². The first kappa shape index (κ1) is 9.70.